The maximum absolute atomic E-state index is 12.9. The molecule has 1 aromatic carbocycles. The molecule has 3 nitrogen and oxygen atoms in total. The Balaban J connectivity index is 2.28. The van der Waals surface area contributed by atoms with Gasteiger partial charge in [-0.1, -0.05) is 24.3 Å². The van der Waals surface area contributed by atoms with Gasteiger partial charge in [0.05, 0.1) is 6.61 Å². The molecule has 0 bridgehead atoms. The minimum absolute atomic E-state index is 0.561. The van der Waals surface area contributed by atoms with Crippen LogP contribution in [0.15, 0.2) is 42.4 Å². The molecule has 0 aliphatic heterocycles. The van der Waals surface area contributed by atoms with Crippen LogP contribution in [0.1, 0.15) is 11.3 Å². The average molecular weight is 244 g/mol. The van der Waals surface area contributed by atoms with Crippen molar-refractivity contribution in [2.75, 3.05) is 6.61 Å². The van der Waals surface area contributed by atoms with Crippen molar-refractivity contribution in [1.29, 1.82) is 0 Å². The Bertz CT molecular complexity index is 564. The standard InChI is InChI=1S/C14H13FN2O/c1-10-6-7-16-14(17-10)12-4-2-11(3-5-12)8-13(15)9-18/h2-8,18H,9H2,1H3. The van der Waals surface area contributed by atoms with Crippen molar-refractivity contribution in [1.82, 2.24) is 9.97 Å². The van der Waals surface area contributed by atoms with Crippen molar-refractivity contribution < 1.29 is 9.50 Å². The van der Waals surface area contributed by atoms with Crippen molar-refractivity contribution in [2.24, 2.45) is 0 Å². The Morgan fingerprint density at radius 1 is 1.28 bits per heavy atom. The van der Waals surface area contributed by atoms with E-state index in [4.69, 9.17) is 5.11 Å². The van der Waals surface area contributed by atoms with Crippen LogP contribution >= 0.6 is 0 Å². The Labute approximate surface area is 105 Å². The summed E-state index contributed by atoms with van der Waals surface area (Å²) in [5.74, 6) is 0.0858. The van der Waals surface area contributed by atoms with E-state index in [-0.39, 0.29) is 0 Å². The van der Waals surface area contributed by atoms with Crippen molar-refractivity contribution in [3.05, 3.63) is 53.6 Å². The molecule has 1 N–H and O–H groups in total. The van der Waals surface area contributed by atoms with Crippen LogP contribution in [0.3, 0.4) is 0 Å². The molecule has 0 fully saturated rings. The Hall–Kier alpha value is -2.07. The van der Waals surface area contributed by atoms with E-state index < -0.39 is 12.4 Å². The third kappa shape index (κ3) is 2.99. The number of aromatic nitrogens is 2. The normalized spacial score (nSPS) is 11.6. The maximum Gasteiger partial charge on any atom is 0.159 e. The molecule has 0 atom stereocenters. The number of aryl methyl sites for hydroxylation is 1. The van der Waals surface area contributed by atoms with E-state index in [1.54, 1.807) is 18.3 Å². The van der Waals surface area contributed by atoms with E-state index in [1.165, 1.54) is 6.08 Å². The van der Waals surface area contributed by atoms with Gasteiger partial charge < -0.3 is 5.11 Å². The summed E-state index contributed by atoms with van der Waals surface area (Å²) in [6.45, 7) is 1.32. The molecule has 0 saturated heterocycles. The molecule has 0 amide bonds. The van der Waals surface area contributed by atoms with E-state index in [9.17, 15) is 4.39 Å². The van der Waals surface area contributed by atoms with Gasteiger partial charge in [-0.15, -0.1) is 0 Å². The number of rotatable bonds is 3. The summed E-state index contributed by atoms with van der Waals surface area (Å²) in [4.78, 5) is 8.49. The predicted molar refractivity (Wildman–Crippen MR) is 68.4 cm³/mol. The van der Waals surface area contributed by atoms with Crippen molar-refractivity contribution in [3.63, 3.8) is 0 Å². The predicted octanol–water partition coefficient (Wildman–Crippen LogP) is 2.75. The van der Waals surface area contributed by atoms with Crippen LogP contribution in [0.2, 0.25) is 0 Å². The van der Waals surface area contributed by atoms with Gasteiger partial charge in [0, 0.05) is 17.5 Å². The van der Waals surface area contributed by atoms with Gasteiger partial charge in [0.2, 0.25) is 0 Å². The minimum Gasteiger partial charge on any atom is -0.389 e. The molecule has 1 aromatic heterocycles. The maximum atomic E-state index is 12.9. The molecule has 18 heavy (non-hydrogen) atoms. The Morgan fingerprint density at radius 3 is 2.61 bits per heavy atom. The van der Waals surface area contributed by atoms with E-state index in [0.717, 1.165) is 11.3 Å². The molecular formula is C14H13FN2O. The summed E-state index contributed by atoms with van der Waals surface area (Å²) in [6, 6.07) is 9.00. The average Bonchev–Trinajstić information content (AvgIpc) is 2.39. The summed E-state index contributed by atoms with van der Waals surface area (Å²) in [6.07, 6.45) is 3.00. The summed E-state index contributed by atoms with van der Waals surface area (Å²) >= 11 is 0. The first kappa shape index (κ1) is 12.4. The number of aliphatic hydroxyl groups is 1. The number of hydrogen-bond acceptors (Lipinski definition) is 3. The molecule has 2 aromatic rings. The number of aliphatic hydroxyl groups excluding tert-OH is 1. The van der Waals surface area contributed by atoms with Crippen LogP contribution in [0, 0.1) is 6.92 Å². The van der Waals surface area contributed by atoms with Crippen molar-refractivity contribution >= 4 is 6.08 Å². The lowest BCUT2D eigenvalue weighted by molar-refractivity contribution is 0.300. The molecule has 0 radical (unpaired) electrons. The molecule has 0 unspecified atom stereocenters. The van der Waals surface area contributed by atoms with Crippen molar-refractivity contribution in [3.8, 4) is 11.4 Å². The van der Waals surface area contributed by atoms with Gasteiger partial charge in [0.25, 0.3) is 0 Å². The number of hydrogen-bond donors (Lipinski definition) is 1. The lowest BCUT2D eigenvalue weighted by atomic mass is 10.1. The number of benzene rings is 1. The minimum atomic E-state index is -0.581. The summed E-state index contributed by atoms with van der Waals surface area (Å²) in [5.41, 5.74) is 2.47. The fourth-order valence-electron chi connectivity index (χ4n) is 1.54. The highest BCUT2D eigenvalue weighted by atomic mass is 19.1. The van der Waals surface area contributed by atoms with Gasteiger partial charge in [-0.25, -0.2) is 14.4 Å². The molecule has 0 saturated carbocycles. The van der Waals surface area contributed by atoms with Crippen LogP contribution in [-0.2, 0) is 0 Å². The molecular weight excluding hydrogens is 231 g/mol. The van der Waals surface area contributed by atoms with Gasteiger partial charge in [-0.2, -0.15) is 0 Å². The highest BCUT2D eigenvalue weighted by molar-refractivity contribution is 5.60. The van der Waals surface area contributed by atoms with E-state index in [1.807, 2.05) is 25.1 Å². The zero-order valence-electron chi connectivity index (χ0n) is 9.97. The zero-order valence-corrected chi connectivity index (χ0v) is 9.97. The first-order valence-electron chi connectivity index (χ1n) is 5.56. The fraction of sp³-hybridized carbons (Fsp3) is 0.143. The van der Waals surface area contributed by atoms with Gasteiger partial charge in [0.1, 0.15) is 5.83 Å². The quantitative estimate of drug-likeness (QED) is 0.903. The SMILES string of the molecule is Cc1ccnc(-c2ccc(C=C(F)CO)cc2)n1. The van der Waals surface area contributed by atoms with E-state index in [2.05, 4.69) is 9.97 Å². The Morgan fingerprint density at radius 2 is 2.00 bits per heavy atom. The second kappa shape index (κ2) is 5.51. The van der Waals surface area contributed by atoms with Gasteiger partial charge in [-0.05, 0) is 24.6 Å². The summed E-state index contributed by atoms with van der Waals surface area (Å²) in [7, 11) is 0. The highest BCUT2D eigenvalue weighted by Crippen LogP contribution is 2.17. The number of halogens is 1. The summed E-state index contributed by atoms with van der Waals surface area (Å²) < 4.78 is 12.9. The van der Waals surface area contributed by atoms with Crippen molar-refractivity contribution in [2.45, 2.75) is 6.92 Å². The first-order valence-corrected chi connectivity index (χ1v) is 5.56. The summed E-state index contributed by atoms with van der Waals surface area (Å²) in [5, 5.41) is 8.60. The molecule has 2 rings (SSSR count). The monoisotopic (exact) mass is 244 g/mol. The van der Waals surface area contributed by atoms with Gasteiger partial charge in [0.15, 0.2) is 5.82 Å². The van der Waals surface area contributed by atoms with Crippen LogP contribution < -0.4 is 0 Å². The largest absolute Gasteiger partial charge is 0.389 e. The zero-order chi connectivity index (χ0) is 13.0. The van der Waals surface area contributed by atoms with E-state index >= 15 is 0 Å². The second-order valence-corrected chi connectivity index (χ2v) is 3.89. The topological polar surface area (TPSA) is 46.0 Å². The first-order chi connectivity index (χ1) is 8.69. The molecule has 0 spiro atoms. The van der Waals surface area contributed by atoms with E-state index in [0.29, 0.717) is 11.4 Å². The lowest BCUT2D eigenvalue weighted by Gasteiger charge is -2.01. The highest BCUT2D eigenvalue weighted by Gasteiger charge is 2.01. The lowest BCUT2D eigenvalue weighted by Crippen LogP contribution is -1.90. The van der Waals surface area contributed by atoms with Gasteiger partial charge in [-0.3, -0.25) is 0 Å². The molecule has 4 heteroatoms. The third-order valence-electron chi connectivity index (χ3n) is 2.44. The van der Waals surface area contributed by atoms with Crippen LogP contribution in [-0.4, -0.2) is 21.7 Å². The van der Waals surface area contributed by atoms with Gasteiger partial charge >= 0.3 is 0 Å². The third-order valence-corrected chi connectivity index (χ3v) is 2.44. The van der Waals surface area contributed by atoms with Crippen LogP contribution in [0.25, 0.3) is 17.5 Å². The molecule has 92 valence electrons. The molecule has 0 aliphatic rings. The number of nitrogens with zero attached hydrogens (tertiary/aromatic N) is 2. The smallest absolute Gasteiger partial charge is 0.159 e. The van der Waals surface area contributed by atoms with Crippen LogP contribution in [0.5, 0.6) is 0 Å². The second-order valence-electron chi connectivity index (χ2n) is 3.89. The molecule has 0 aliphatic carbocycles. The Kier molecular flexibility index (Phi) is 3.79. The van der Waals surface area contributed by atoms with Crippen LogP contribution in [0.4, 0.5) is 4.39 Å². The fourth-order valence-corrected chi connectivity index (χ4v) is 1.54. The molecule has 1 heterocycles.